The third-order valence-corrected chi connectivity index (χ3v) is 4.86. The summed E-state index contributed by atoms with van der Waals surface area (Å²) in [7, 11) is 0. The van der Waals surface area contributed by atoms with Crippen LogP contribution in [0.1, 0.15) is 49.7 Å². The first-order chi connectivity index (χ1) is 13.4. The number of imide groups is 1. The van der Waals surface area contributed by atoms with E-state index in [0.717, 1.165) is 18.4 Å². The number of alkyl halides is 1. The lowest BCUT2D eigenvalue weighted by Gasteiger charge is -2.12. The number of hydrogen-bond donors (Lipinski definition) is 1. The Balaban J connectivity index is 1.60. The summed E-state index contributed by atoms with van der Waals surface area (Å²) >= 11 is 3.24. The summed E-state index contributed by atoms with van der Waals surface area (Å²) in [6, 6.07) is 5.17. The highest BCUT2D eigenvalue weighted by Gasteiger charge is 2.32. The van der Waals surface area contributed by atoms with Crippen LogP contribution in [0.5, 0.6) is 0 Å². The van der Waals surface area contributed by atoms with Crippen molar-refractivity contribution < 1.29 is 24.1 Å². The monoisotopic (exact) mass is 455 g/mol. The van der Waals surface area contributed by atoms with Crippen molar-refractivity contribution in [2.45, 2.75) is 50.4 Å². The molecule has 1 aliphatic rings. The first-order valence-corrected chi connectivity index (χ1v) is 10.1. The fourth-order valence-corrected chi connectivity index (χ4v) is 3.21. The zero-order valence-electron chi connectivity index (χ0n) is 15.3. The Labute approximate surface area is 170 Å². The van der Waals surface area contributed by atoms with Gasteiger partial charge in [-0.05, 0) is 24.9 Å². The van der Waals surface area contributed by atoms with Crippen LogP contribution in [-0.4, -0.2) is 34.3 Å². The quantitative estimate of drug-likeness (QED) is 0.179. The van der Waals surface area contributed by atoms with Gasteiger partial charge < -0.3 is 10.2 Å². The van der Waals surface area contributed by atoms with Gasteiger partial charge in [0.1, 0.15) is 0 Å². The fourth-order valence-electron chi connectivity index (χ4n) is 2.74. The predicted molar refractivity (Wildman–Crippen MR) is 103 cm³/mol. The number of rotatable bonds is 11. The molecule has 0 saturated carbocycles. The molecular formula is C18H22BrN3O6. The van der Waals surface area contributed by atoms with Crippen LogP contribution in [-0.2, 0) is 31.1 Å². The van der Waals surface area contributed by atoms with E-state index in [1.54, 1.807) is 12.1 Å². The highest BCUT2D eigenvalue weighted by atomic mass is 79.9. The van der Waals surface area contributed by atoms with Gasteiger partial charge in [-0.15, -0.1) is 5.06 Å². The molecule has 1 aromatic rings. The molecule has 1 aromatic carbocycles. The molecule has 1 heterocycles. The maximum Gasteiger partial charge on any atom is 0.333 e. The van der Waals surface area contributed by atoms with Gasteiger partial charge in [-0.25, -0.2) is 4.79 Å². The van der Waals surface area contributed by atoms with E-state index in [4.69, 9.17) is 4.84 Å². The summed E-state index contributed by atoms with van der Waals surface area (Å²) in [5.41, 5.74) is 1.57. The number of carbonyl (C=O) groups is 3. The Morgan fingerprint density at radius 1 is 1.21 bits per heavy atom. The molecule has 10 heteroatoms. The second kappa shape index (κ2) is 10.9. The minimum atomic E-state index is -0.587. The van der Waals surface area contributed by atoms with Crippen LogP contribution in [0.4, 0.5) is 5.69 Å². The van der Waals surface area contributed by atoms with Crippen molar-refractivity contribution in [1.29, 1.82) is 0 Å². The Hall–Kier alpha value is -2.33. The molecule has 0 radical (unpaired) electrons. The van der Waals surface area contributed by atoms with Crippen LogP contribution < -0.4 is 5.32 Å². The summed E-state index contributed by atoms with van der Waals surface area (Å²) < 4.78 is 0. The third-order valence-electron chi connectivity index (χ3n) is 4.25. The summed E-state index contributed by atoms with van der Waals surface area (Å²) in [4.78, 5) is 49.9. The molecule has 9 nitrogen and oxygen atoms in total. The number of nitro benzene ring substituents is 1. The predicted octanol–water partition coefficient (Wildman–Crippen LogP) is 2.75. The number of carbonyl (C=O) groups excluding carboxylic acids is 3. The number of nitrogens with one attached hydrogen (secondary N) is 1. The Kier molecular flexibility index (Phi) is 8.52. The van der Waals surface area contributed by atoms with E-state index in [-0.39, 0.29) is 29.9 Å². The Bertz CT molecular complexity index is 739. The van der Waals surface area contributed by atoms with Gasteiger partial charge in [-0.3, -0.25) is 19.7 Å². The van der Waals surface area contributed by atoms with Gasteiger partial charge >= 0.3 is 5.97 Å². The maximum atomic E-state index is 11.7. The van der Waals surface area contributed by atoms with Crippen LogP contribution in [0.15, 0.2) is 18.2 Å². The van der Waals surface area contributed by atoms with Gasteiger partial charge in [0.05, 0.1) is 4.92 Å². The van der Waals surface area contributed by atoms with Gasteiger partial charge in [0.2, 0.25) is 0 Å². The Morgan fingerprint density at radius 3 is 2.57 bits per heavy atom. The number of unbranched alkanes of at least 4 members (excludes halogenated alkanes) is 2. The molecule has 1 fully saturated rings. The van der Waals surface area contributed by atoms with E-state index >= 15 is 0 Å². The smallest absolute Gasteiger partial charge is 0.330 e. The second-order valence-corrected chi connectivity index (χ2v) is 6.95. The first-order valence-electron chi connectivity index (χ1n) is 9.02. The average molecular weight is 456 g/mol. The molecule has 2 rings (SSSR count). The van der Waals surface area contributed by atoms with Gasteiger partial charge in [0, 0.05) is 42.8 Å². The first kappa shape index (κ1) is 22.0. The van der Waals surface area contributed by atoms with Crippen LogP contribution in [0.2, 0.25) is 0 Å². The number of amides is 2. The van der Waals surface area contributed by atoms with Crippen molar-refractivity contribution in [2.24, 2.45) is 0 Å². The molecule has 0 aliphatic carbocycles. The lowest BCUT2D eigenvalue weighted by atomic mass is 10.1. The van der Waals surface area contributed by atoms with Crippen molar-refractivity contribution in [3.63, 3.8) is 0 Å². The summed E-state index contributed by atoms with van der Waals surface area (Å²) in [6.45, 7) is 1.22. The van der Waals surface area contributed by atoms with E-state index in [0.29, 0.717) is 35.5 Å². The second-order valence-electron chi connectivity index (χ2n) is 6.39. The fraction of sp³-hybridized carbons (Fsp3) is 0.500. The minimum Gasteiger partial charge on any atom is -0.330 e. The van der Waals surface area contributed by atoms with Crippen LogP contribution in [0.25, 0.3) is 0 Å². The molecule has 2 amide bonds. The SMILES string of the molecule is O=C(CCCCCNCc1ccc(CBr)c([N+](=O)[O-])c1)ON1C(=O)CCC1=O. The minimum absolute atomic E-state index is 0.0831. The Morgan fingerprint density at radius 2 is 1.93 bits per heavy atom. The molecular weight excluding hydrogens is 434 g/mol. The number of benzene rings is 1. The van der Waals surface area contributed by atoms with Crippen LogP contribution >= 0.6 is 15.9 Å². The average Bonchev–Trinajstić information content (AvgIpc) is 2.99. The standard InChI is InChI=1S/C18H22BrN3O6/c19-11-14-6-5-13(10-15(14)22(26)27)12-20-9-3-1-2-4-18(25)28-21-16(23)7-8-17(21)24/h5-6,10,20H,1-4,7-9,11-12H2. The molecule has 152 valence electrons. The molecule has 1 saturated heterocycles. The number of halogens is 1. The third kappa shape index (κ3) is 6.38. The molecule has 0 unspecified atom stereocenters. The maximum absolute atomic E-state index is 11.7. The van der Waals surface area contributed by atoms with Crippen LogP contribution in [0, 0.1) is 10.1 Å². The molecule has 0 aromatic heterocycles. The van der Waals surface area contributed by atoms with E-state index in [2.05, 4.69) is 21.2 Å². The van der Waals surface area contributed by atoms with Crippen molar-refractivity contribution in [3.8, 4) is 0 Å². The van der Waals surface area contributed by atoms with E-state index in [1.165, 1.54) is 0 Å². The van der Waals surface area contributed by atoms with Crippen molar-refractivity contribution >= 4 is 39.4 Å². The van der Waals surface area contributed by atoms with E-state index < -0.39 is 17.8 Å². The van der Waals surface area contributed by atoms with Gasteiger partial charge in [0.25, 0.3) is 17.5 Å². The van der Waals surface area contributed by atoms with Crippen molar-refractivity contribution in [1.82, 2.24) is 10.4 Å². The van der Waals surface area contributed by atoms with Crippen molar-refractivity contribution in [3.05, 3.63) is 39.4 Å². The van der Waals surface area contributed by atoms with Crippen LogP contribution in [0.3, 0.4) is 0 Å². The lowest BCUT2D eigenvalue weighted by Crippen LogP contribution is -2.31. The molecule has 0 atom stereocenters. The lowest BCUT2D eigenvalue weighted by molar-refractivity contribution is -0.385. The van der Waals surface area contributed by atoms with Gasteiger partial charge in [-0.2, -0.15) is 0 Å². The zero-order valence-corrected chi connectivity index (χ0v) is 16.9. The number of hydroxylamine groups is 2. The topological polar surface area (TPSA) is 119 Å². The molecule has 0 spiro atoms. The summed E-state index contributed by atoms with van der Waals surface area (Å²) in [5.74, 6) is -1.55. The number of hydrogen-bond acceptors (Lipinski definition) is 7. The largest absolute Gasteiger partial charge is 0.333 e. The van der Waals surface area contributed by atoms with E-state index in [1.807, 2.05) is 6.07 Å². The number of nitro groups is 1. The molecule has 1 aliphatic heterocycles. The summed E-state index contributed by atoms with van der Waals surface area (Å²) in [5, 5.41) is 15.3. The molecule has 28 heavy (non-hydrogen) atoms. The zero-order chi connectivity index (χ0) is 20.5. The molecule has 0 bridgehead atoms. The van der Waals surface area contributed by atoms with Crippen molar-refractivity contribution in [2.75, 3.05) is 6.54 Å². The number of nitrogens with zero attached hydrogens (tertiary/aromatic N) is 2. The molecule has 1 N–H and O–H groups in total. The van der Waals surface area contributed by atoms with E-state index in [9.17, 15) is 24.5 Å². The van der Waals surface area contributed by atoms with Gasteiger partial charge in [0.15, 0.2) is 0 Å². The van der Waals surface area contributed by atoms with Gasteiger partial charge in [-0.1, -0.05) is 34.5 Å². The normalized spacial score (nSPS) is 13.8. The highest BCUT2D eigenvalue weighted by molar-refractivity contribution is 9.08. The highest BCUT2D eigenvalue weighted by Crippen LogP contribution is 2.22. The summed E-state index contributed by atoms with van der Waals surface area (Å²) in [6.07, 6.45) is 2.47.